The molecule has 0 saturated heterocycles. The van der Waals surface area contributed by atoms with Crippen molar-refractivity contribution in [3.8, 4) is 100 Å². The second-order valence-electron chi connectivity index (χ2n) is 29.1. The maximum Gasteiger partial charge on any atom is 0.0636 e. The molecule has 0 spiro atoms. The highest BCUT2D eigenvalue weighted by Crippen LogP contribution is 2.51. The summed E-state index contributed by atoms with van der Waals surface area (Å²) in [6, 6.07) is 33.1. The molecule has 0 heteroatoms. The molecule has 0 radical (unpaired) electrons. The zero-order chi connectivity index (χ0) is 122. The maximum atomic E-state index is 10.1. The van der Waals surface area contributed by atoms with E-state index >= 15 is 0 Å². The van der Waals surface area contributed by atoms with E-state index in [0.717, 1.165) is 60.3 Å². The molecule has 0 aliphatic carbocycles. The highest BCUT2D eigenvalue weighted by Gasteiger charge is 2.24. The normalized spacial score (nSPS) is 16.7. The number of fused-ring (bicyclic) bond motifs is 13. The molecule has 0 aliphatic rings. The van der Waals surface area contributed by atoms with Crippen molar-refractivity contribution < 1.29 is 63.1 Å². The van der Waals surface area contributed by atoms with E-state index in [4.69, 9.17) is 41.1 Å². The Morgan fingerprint density at radius 1 is 0.121 bits per heavy atom. The lowest BCUT2D eigenvalue weighted by molar-refractivity contribution is 1.63. The summed E-state index contributed by atoms with van der Waals surface area (Å²) in [6.45, 7) is 0. The second-order valence-corrected chi connectivity index (χ2v) is 29.1. The average molecular weight is 1620 g/mol. The number of rotatable bonds is 9. The molecular formula is C124H80. The van der Waals surface area contributed by atoms with E-state index in [2.05, 4.69) is 0 Å². The standard InChI is InChI=1S/C44H28.2C40H26/c1-4-18-33-29(12-1)15-9-23-36(33)32-26-27-41-42(28-32)44(38-25-11-17-31-14-3-6-20-35(31)38)40-22-8-7-21-39(40)43(41)37-24-10-16-30-13-2-5-19-34(30)37;2*1-2-12-31-26-32(25-22-27(31)10-1)28-20-23-30(24-21-28)39-35-15-5-7-17-37(35)40(38-18-8-6-16-36(38)39)34-19-9-13-29-11-3-4-14-33(29)34/h1-28H;2*1-26H/i7D,8D,21D,22D,26D,27D,28D;1D,2D,3D,4D,5D,6D,7D,8D,9D,10D,11D,12D,13D,14D,15D,16D,17D,19D,20D,21D,22D,23D,24D,25D,26D;3D,4D,5D,6D,7D,8D,9D,11D,13D,14D,15D,16D,17D,19D. The lowest BCUT2D eigenvalue weighted by Crippen LogP contribution is -1.93. The summed E-state index contributed by atoms with van der Waals surface area (Å²) >= 11 is 0. The highest BCUT2D eigenvalue weighted by molar-refractivity contribution is 6.28. The van der Waals surface area contributed by atoms with Crippen molar-refractivity contribution in [1.29, 1.82) is 0 Å². The molecule has 0 fully saturated rings. The van der Waals surface area contributed by atoms with Crippen LogP contribution >= 0.6 is 0 Å². The van der Waals surface area contributed by atoms with Crippen LogP contribution < -0.4 is 0 Å². The Balaban J connectivity index is 0.000000137. The SMILES string of the molecule is [2H]c1c([2H])c([2H])c2c(-c3cccc4ccccc34)c3c([2H])c(-c4cccc5ccccc45)c([2H])c([2H])c3c(-c3cccc4ccccc34)c2c1[2H].[2H]c1cc2c(-c3c([2H])c([2H])c([2H])c4c([2H])c([2H])c([2H])c([2H])c34)c3c([2H])c([2H])c([2H])c([2H])c3c(-c3c([2H])c([2H])c(-c4c([2H])c([2H])c5c([2H])c([2H])c([2H])c([2H])c5c4[2H])c([2H])c3[2H])c2c([2H])c1[2H].[2H]c1cc2c(-c3c([2H])c([2H])c([2H])c4c([2H])c([2H])c([2H])c([2H])c34)c3c([2H])c([2H])c([2H])c([2H])c3c(-c3ccc(-c4ccc5ccccc5c4)cc3)c2c([2H])c1[2H]. The highest BCUT2D eigenvalue weighted by atomic mass is 14.3. The third kappa shape index (κ3) is 12.9. The zero-order valence-corrected chi connectivity index (χ0v) is 64.6. The van der Waals surface area contributed by atoms with Gasteiger partial charge in [0.15, 0.2) is 0 Å². The Morgan fingerprint density at radius 3 is 1.00 bits per heavy atom. The zero-order valence-electron chi connectivity index (χ0n) is 111. The van der Waals surface area contributed by atoms with Gasteiger partial charge in [0.2, 0.25) is 0 Å². The van der Waals surface area contributed by atoms with Crippen LogP contribution in [0.25, 0.3) is 240 Å². The van der Waals surface area contributed by atoms with Crippen molar-refractivity contribution in [1.82, 2.24) is 0 Å². The van der Waals surface area contributed by atoms with Crippen molar-refractivity contribution >= 4 is 140 Å². The summed E-state index contributed by atoms with van der Waals surface area (Å²) < 4.78 is 410. The molecule has 0 N–H and O–H groups in total. The molecule has 0 heterocycles. The fourth-order valence-electron chi connectivity index (χ4n) is 16.8. The van der Waals surface area contributed by atoms with E-state index in [1.165, 1.54) is 6.07 Å². The van der Waals surface area contributed by atoms with Gasteiger partial charge in [-0.3, -0.25) is 0 Å². The summed E-state index contributed by atoms with van der Waals surface area (Å²) in [5.74, 6) is 0. The maximum absolute atomic E-state index is 10.1. The monoisotopic (exact) mass is 1610 g/mol. The largest absolute Gasteiger partial charge is 0.0636 e. The second kappa shape index (κ2) is 31.2. The fourth-order valence-corrected chi connectivity index (χ4v) is 16.8. The van der Waals surface area contributed by atoms with Crippen LogP contribution in [0.2, 0.25) is 0 Å². The first-order valence-corrected chi connectivity index (χ1v) is 39.3. The number of hydrogen-bond donors (Lipinski definition) is 0. The van der Waals surface area contributed by atoms with Crippen LogP contribution in [-0.2, 0) is 0 Å². The Morgan fingerprint density at radius 2 is 0.468 bits per heavy atom. The van der Waals surface area contributed by atoms with Crippen LogP contribution in [0.4, 0.5) is 0 Å². The van der Waals surface area contributed by atoms with Crippen molar-refractivity contribution in [3.05, 3.63) is 484 Å². The van der Waals surface area contributed by atoms with Crippen molar-refractivity contribution in [3.63, 3.8) is 0 Å². The summed E-state index contributed by atoms with van der Waals surface area (Å²) in [5, 5.41) is 3.38. The van der Waals surface area contributed by atoms with E-state index in [9.17, 15) is 21.9 Å². The minimum absolute atomic E-state index is 0.00600. The van der Waals surface area contributed by atoms with Crippen LogP contribution in [0.5, 0.6) is 0 Å². The van der Waals surface area contributed by atoms with E-state index in [0.29, 0.717) is 49.7 Å². The summed E-state index contributed by atoms with van der Waals surface area (Å²) in [6.07, 6.45) is 0. The van der Waals surface area contributed by atoms with Crippen LogP contribution in [0, 0.1) is 0 Å². The number of hydrogen-bond acceptors (Lipinski definition) is 0. The van der Waals surface area contributed by atoms with Gasteiger partial charge in [0.05, 0.1) is 63.1 Å². The predicted octanol–water partition coefficient (Wildman–Crippen LogP) is 35.1. The molecule has 0 aliphatic heterocycles. The van der Waals surface area contributed by atoms with Gasteiger partial charge < -0.3 is 0 Å². The molecule has 25 aromatic rings. The molecular weight excluding hydrogens is 1490 g/mol. The van der Waals surface area contributed by atoms with Crippen LogP contribution in [-0.4, -0.2) is 0 Å². The lowest BCUT2D eigenvalue weighted by atomic mass is 9.82. The third-order valence-electron chi connectivity index (χ3n) is 22.3. The molecule has 0 atom stereocenters. The van der Waals surface area contributed by atoms with Crippen molar-refractivity contribution in [2.75, 3.05) is 0 Å². The first-order valence-electron chi connectivity index (χ1n) is 62.3. The molecule has 124 heavy (non-hydrogen) atoms. The quantitative estimate of drug-likeness (QED) is 0.126. The smallest absolute Gasteiger partial charge is 0.0616 e. The molecule has 0 unspecified atom stereocenters. The Bertz CT molecular complexity index is 11500. The van der Waals surface area contributed by atoms with Crippen LogP contribution in [0.15, 0.2) is 484 Å². The molecule has 576 valence electrons. The van der Waals surface area contributed by atoms with Crippen LogP contribution in [0.1, 0.15) is 63.1 Å². The van der Waals surface area contributed by atoms with Gasteiger partial charge in [-0.15, -0.1) is 0 Å². The van der Waals surface area contributed by atoms with Crippen molar-refractivity contribution in [2.45, 2.75) is 0 Å². The van der Waals surface area contributed by atoms with E-state index in [1.807, 2.05) is 182 Å². The van der Waals surface area contributed by atoms with E-state index in [1.54, 1.807) is 12.1 Å². The van der Waals surface area contributed by atoms with Gasteiger partial charge >= 0.3 is 0 Å². The Kier molecular flexibility index (Phi) is 10.0. The molecule has 25 aromatic carbocycles. The Labute approximate surface area is 785 Å². The number of benzene rings is 25. The fraction of sp³-hybridized carbons (Fsp3) is 0. The lowest BCUT2D eigenvalue weighted by Gasteiger charge is -2.20. The van der Waals surface area contributed by atoms with E-state index in [-0.39, 0.29) is 102 Å². The van der Waals surface area contributed by atoms with Gasteiger partial charge in [0, 0.05) is 0 Å². The molecule has 0 aromatic heterocycles. The molecule has 0 bridgehead atoms. The van der Waals surface area contributed by atoms with E-state index < -0.39 is 312 Å². The average Bonchev–Trinajstić information content (AvgIpc) is 0.690. The summed E-state index contributed by atoms with van der Waals surface area (Å²) in [7, 11) is 0. The first kappa shape index (κ1) is 39.8. The third-order valence-corrected chi connectivity index (χ3v) is 22.3. The van der Waals surface area contributed by atoms with Gasteiger partial charge in [0.25, 0.3) is 0 Å². The molecule has 0 saturated carbocycles. The van der Waals surface area contributed by atoms with Gasteiger partial charge in [-0.25, -0.2) is 0 Å². The molecule has 0 nitrogen and oxygen atoms in total. The van der Waals surface area contributed by atoms with Gasteiger partial charge in [0.1, 0.15) is 0 Å². The topological polar surface area (TPSA) is 0 Å². The minimum atomic E-state index is -1.02. The van der Waals surface area contributed by atoms with Gasteiger partial charge in [-0.2, -0.15) is 0 Å². The molecule has 25 rings (SSSR count). The predicted molar refractivity (Wildman–Crippen MR) is 536 cm³/mol. The van der Waals surface area contributed by atoms with Crippen molar-refractivity contribution in [2.24, 2.45) is 0 Å². The van der Waals surface area contributed by atoms with Crippen LogP contribution in [0.3, 0.4) is 0 Å². The van der Waals surface area contributed by atoms with Gasteiger partial charge in [-0.05, 0) is 258 Å². The van der Waals surface area contributed by atoms with Gasteiger partial charge in [-0.1, -0.05) is 466 Å². The minimum Gasteiger partial charge on any atom is -0.0616 e. The summed E-state index contributed by atoms with van der Waals surface area (Å²) in [5.41, 5.74) is 1.09. The Hall–Kier alpha value is -16.1. The summed E-state index contributed by atoms with van der Waals surface area (Å²) in [4.78, 5) is 0. The molecule has 0 amide bonds. The first-order chi connectivity index (χ1) is 80.7.